The van der Waals surface area contributed by atoms with E-state index >= 15 is 4.39 Å². The fourth-order valence-corrected chi connectivity index (χ4v) is 6.85. The summed E-state index contributed by atoms with van der Waals surface area (Å²) in [6.07, 6.45) is -4.60. The predicted molar refractivity (Wildman–Crippen MR) is 128 cm³/mol. The van der Waals surface area contributed by atoms with Gasteiger partial charge in [0.1, 0.15) is 11.9 Å². The van der Waals surface area contributed by atoms with Crippen molar-refractivity contribution in [2.24, 2.45) is 5.92 Å². The van der Waals surface area contributed by atoms with Crippen LogP contribution in [-0.2, 0) is 22.7 Å². The molecule has 2 fully saturated rings. The van der Waals surface area contributed by atoms with Crippen molar-refractivity contribution in [1.82, 2.24) is 9.29 Å². The van der Waals surface area contributed by atoms with E-state index in [0.29, 0.717) is 0 Å². The van der Waals surface area contributed by atoms with Crippen LogP contribution in [0.1, 0.15) is 55.7 Å². The smallest absolute Gasteiger partial charge is 0.347 e. The first kappa shape index (κ1) is 27.0. The number of alkyl halides is 6. The molecule has 2 aromatic carbocycles. The molecule has 12 heteroatoms. The fourth-order valence-electron chi connectivity index (χ4n) is 5.31. The lowest BCUT2D eigenvalue weighted by Crippen LogP contribution is -2.39. The fraction of sp³-hybridized carbons (Fsp3) is 0.462. The summed E-state index contributed by atoms with van der Waals surface area (Å²) < 4.78 is 127. The number of nitrogens with one attached hydrogen (secondary N) is 1. The number of hydrogen-bond acceptors (Lipinski definition) is 2. The topological polar surface area (TPSA) is 51.1 Å². The Balaban J connectivity index is 1.70. The van der Waals surface area contributed by atoms with Gasteiger partial charge in [0.2, 0.25) is 10.0 Å². The first-order valence-corrected chi connectivity index (χ1v) is 13.9. The highest BCUT2D eigenvalue weighted by molar-refractivity contribution is 7.90. The van der Waals surface area contributed by atoms with Crippen molar-refractivity contribution in [3.8, 4) is 11.1 Å². The number of halogens is 7. The second-order valence-electron chi connectivity index (χ2n) is 10.1. The Morgan fingerprint density at radius 1 is 0.947 bits per heavy atom. The molecule has 0 amide bonds. The van der Waals surface area contributed by atoms with Crippen LogP contribution in [0.3, 0.4) is 0 Å². The minimum absolute atomic E-state index is 0.111. The van der Waals surface area contributed by atoms with Gasteiger partial charge in [-0.1, -0.05) is 31.0 Å². The van der Waals surface area contributed by atoms with Crippen molar-refractivity contribution in [1.29, 1.82) is 0 Å². The largest absolute Gasteiger partial charge is 0.417 e. The average molecular weight is 563 g/mol. The van der Waals surface area contributed by atoms with Gasteiger partial charge < -0.3 is 4.57 Å². The van der Waals surface area contributed by atoms with E-state index in [9.17, 15) is 34.8 Å². The molecular weight excluding hydrogens is 537 g/mol. The maximum Gasteiger partial charge on any atom is 0.417 e. The van der Waals surface area contributed by atoms with Crippen LogP contribution in [0, 0.1) is 11.7 Å². The van der Waals surface area contributed by atoms with Crippen molar-refractivity contribution in [2.75, 3.05) is 0 Å². The zero-order valence-electron chi connectivity index (χ0n) is 20.0. The van der Waals surface area contributed by atoms with Crippen molar-refractivity contribution in [3.63, 3.8) is 0 Å². The van der Waals surface area contributed by atoms with Crippen LogP contribution in [0.25, 0.3) is 22.0 Å². The van der Waals surface area contributed by atoms with Gasteiger partial charge in [-0.15, -0.1) is 0 Å². The number of nitrogens with zero attached hydrogens (tertiary/aromatic N) is 1. The van der Waals surface area contributed by atoms with Crippen molar-refractivity contribution >= 4 is 20.9 Å². The van der Waals surface area contributed by atoms with Crippen molar-refractivity contribution in [2.45, 2.75) is 68.7 Å². The predicted octanol–water partition coefficient (Wildman–Crippen LogP) is 7.34. The second kappa shape index (κ2) is 9.55. The molecule has 0 radical (unpaired) electrons. The summed E-state index contributed by atoms with van der Waals surface area (Å²) in [4.78, 5) is 0. The maximum atomic E-state index is 15.4. The zero-order chi connectivity index (χ0) is 27.5. The third-order valence-electron chi connectivity index (χ3n) is 7.34. The van der Waals surface area contributed by atoms with Crippen LogP contribution in [0.4, 0.5) is 30.7 Å². The Hall–Kier alpha value is -2.60. The first-order valence-electron chi connectivity index (χ1n) is 12.3. The molecule has 0 aliphatic heterocycles. The quantitative estimate of drug-likeness (QED) is 0.307. The third kappa shape index (κ3) is 5.29. The second-order valence-corrected chi connectivity index (χ2v) is 12.1. The molecule has 0 spiro atoms. The van der Waals surface area contributed by atoms with Gasteiger partial charge in [0, 0.05) is 34.8 Å². The van der Waals surface area contributed by atoms with Crippen LogP contribution in [0.2, 0.25) is 0 Å². The Morgan fingerprint density at radius 3 is 2.21 bits per heavy atom. The van der Waals surface area contributed by atoms with E-state index in [4.69, 9.17) is 0 Å². The molecule has 2 aliphatic carbocycles. The molecule has 206 valence electrons. The third-order valence-corrected chi connectivity index (χ3v) is 9.25. The van der Waals surface area contributed by atoms with E-state index in [1.165, 1.54) is 16.7 Å². The molecule has 0 saturated heterocycles. The van der Waals surface area contributed by atoms with Gasteiger partial charge in [-0.25, -0.2) is 12.8 Å². The molecule has 2 saturated carbocycles. The molecule has 1 N–H and O–H groups in total. The lowest BCUT2D eigenvalue weighted by Gasteiger charge is -2.21. The first-order chi connectivity index (χ1) is 17.8. The Kier molecular flexibility index (Phi) is 6.78. The molecule has 1 heterocycles. The standard InChI is InChI=1S/C26H25F7N2O2S/c27-22-11-19-20(24(26(31,32)33)34-38(36,37)16-9-10-16)14-35(13-15-5-1-2-6-15)23(19)12-18(22)17-7-3-4-8-21(17)25(28,29)30/h3-4,7-8,11-12,14-16,24,34H,1-2,5-6,9-10,13H2. The van der Waals surface area contributed by atoms with E-state index in [1.54, 1.807) is 4.72 Å². The Morgan fingerprint density at radius 2 is 1.61 bits per heavy atom. The molecule has 3 aromatic rings. The number of aromatic nitrogens is 1. The zero-order valence-corrected chi connectivity index (χ0v) is 20.9. The highest BCUT2D eigenvalue weighted by atomic mass is 32.2. The Bertz CT molecular complexity index is 1450. The molecular formula is C26H25F7N2O2S. The van der Waals surface area contributed by atoms with Gasteiger partial charge in [0.05, 0.1) is 10.8 Å². The number of hydrogen-bond donors (Lipinski definition) is 1. The molecule has 38 heavy (non-hydrogen) atoms. The lowest BCUT2D eigenvalue weighted by molar-refractivity contribution is -0.152. The lowest BCUT2D eigenvalue weighted by atomic mass is 9.96. The van der Waals surface area contributed by atoms with Crippen LogP contribution in [0.15, 0.2) is 42.6 Å². The summed E-state index contributed by atoms with van der Waals surface area (Å²) in [6, 6.07) is 3.70. The van der Waals surface area contributed by atoms with Crippen LogP contribution in [-0.4, -0.2) is 24.4 Å². The summed E-state index contributed by atoms with van der Waals surface area (Å²) in [5, 5.41) is -1.11. The summed E-state index contributed by atoms with van der Waals surface area (Å²) in [7, 11) is -4.28. The SMILES string of the molecule is O=S(=O)(NC(c1cn(CC2CCCC2)c2cc(-c3ccccc3C(F)(F)F)c(F)cc12)C(F)(F)F)C1CC1. The van der Waals surface area contributed by atoms with Gasteiger partial charge in [-0.3, -0.25) is 0 Å². The molecule has 1 aromatic heterocycles. The molecule has 1 atom stereocenters. The average Bonchev–Trinajstić information content (AvgIpc) is 3.49. The van der Waals surface area contributed by atoms with Gasteiger partial charge >= 0.3 is 12.4 Å². The van der Waals surface area contributed by atoms with Crippen molar-refractivity contribution < 1.29 is 39.2 Å². The van der Waals surface area contributed by atoms with Gasteiger partial charge in [0.25, 0.3) is 0 Å². The molecule has 2 aliphatic rings. The summed E-state index contributed by atoms with van der Waals surface area (Å²) in [5.74, 6) is -1.01. The molecule has 4 nitrogen and oxygen atoms in total. The highest BCUT2D eigenvalue weighted by Gasteiger charge is 2.48. The monoisotopic (exact) mass is 562 g/mol. The van der Waals surface area contributed by atoms with E-state index in [0.717, 1.165) is 56.1 Å². The number of rotatable bonds is 7. The summed E-state index contributed by atoms with van der Waals surface area (Å²) >= 11 is 0. The molecule has 1 unspecified atom stereocenters. The minimum Gasteiger partial charge on any atom is -0.347 e. The summed E-state index contributed by atoms with van der Waals surface area (Å²) in [5.41, 5.74) is -2.27. The normalized spacial score (nSPS) is 18.4. The number of benzene rings is 2. The van der Waals surface area contributed by atoms with Crippen LogP contribution in [0.5, 0.6) is 0 Å². The number of fused-ring (bicyclic) bond motifs is 1. The van der Waals surface area contributed by atoms with E-state index in [2.05, 4.69) is 0 Å². The minimum atomic E-state index is -5.04. The van der Waals surface area contributed by atoms with Crippen LogP contribution < -0.4 is 4.72 Å². The Labute approximate surface area is 214 Å². The number of sulfonamides is 1. The molecule has 0 bridgehead atoms. The van der Waals surface area contributed by atoms with Gasteiger partial charge in [-0.2, -0.15) is 31.1 Å². The van der Waals surface area contributed by atoms with Gasteiger partial charge in [0.15, 0.2) is 0 Å². The highest BCUT2D eigenvalue weighted by Crippen LogP contribution is 2.43. The van der Waals surface area contributed by atoms with Crippen LogP contribution >= 0.6 is 0 Å². The van der Waals surface area contributed by atoms with E-state index in [1.807, 2.05) is 0 Å². The van der Waals surface area contributed by atoms with Crippen molar-refractivity contribution in [3.05, 3.63) is 59.5 Å². The maximum absolute atomic E-state index is 15.4. The van der Waals surface area contributed by atoms with Gasteiger partial charge in [-0.05, 0) is 55.4 Å². The van der Waals surface area contributed by atoms with E-state index < -0.39 is 61.7 Å². The summed E-state index contributed by atoms with van der Waals surface area (Å²) in [6.45, 7) is 0.280. The molecule has 5 rings (SSSR count). The van der Waals surface area contributed by atoms with E-state index in [-0.39, 0.29) is 36.2 Å².